The molecule has 5 nitrogen and oxygen atoms in total. The monoisotopic (exact) mass is 394 g/mol. The molecule has 0 radical (unpaired) electrons. The summed E-state index contributed by atoms with van der Waals surface area (Å²) in [6, 6.07) is 16.2. The van der Waals surface area contributed by atoms with Crippen LogP contribution in [0, 0.1) is 0 Å². The molecule has 7 heteroatoms. The van der Waals surface area contributed by atoms with Gasteiger partial charge in [0.25, 0.3) is 0 Å². The molecule has 26 heavy (non-hydrogen) atoms. The van der Waals surface area contributed by atoms with Crippen LogP contribution in [0.5, 0.6) is 0 Å². The van der Waals surface area contributed by atoms with Crippen molar-refractivity contribution < 1.29 is 13.2 Å². The first-order valence-corrected chi connectivity index (χ1v) is 10.5. The zero-order valence-electron chi connectivity index (χ0n) is 14.9. The summed E-state index contributed by atoms with van der Waals surface area (Å²) in [5.41, 5.74) is 1.85. The molecule has 0 aliphatic heterocycles. The molecule has 0 aliphatic rings. The van der Waals surface area contributed by atoms with Crippen molar-refractivity contribution in [1.29, 1.82) is 0 Å². The molecule has 0 saturated carbocycles. The second-order valence-electron chi connectivity index (χ2n) is 6.12. The minimum Gasteiger partial charge on any atom is -0.355 e. The van der Waals surface area contributed by atoms with E-state index in [0.29, 0.717) is 18.0 Å². The molecule has 140 valence electrons. The number of benzene rings is 2. The second kappa shape index (κ2) is 9.16. The number of sulfonamides is 1. The Morgan fingerprint density at radius 2 is 1.85 bits per heavy atom. The van der Waals surface area contributed by atoms with Crippen molar-refractivity contribution >= 4 is 27.5 Å². The molecule has 1 N–H and O–H groups in total. The molecule has 0 heterocycles. The molecule has 2 rings (SSSR count). The Kier molecular flexibility index (Phi) is 7.20. The summed E-state index contributed by atoms with van der Waals surface area (Å²) in [5, 5.41) is 3.42. The van der Waals surface area contributed by atoms with E-state index in [2.05, 4.69) is 5.32 Å². The molecule has 0 bridgehead atoms. The predicted octanol–water partition coefficient (Wildman–Crippen LogP) is 3.02. The fraction of sp³-hybridized carbons (Fsp3) is 0.316. The van der Waals surface area contributed by atoms with Crippen LogP contribution in [0.25, 0.3) is 0 Å². The maximum absolute atomic E-state index is 12.2. The fourth-order valence-corrected chi connectivity index (χ4v) is 3.94. The Morgan fingerprint density at radius 3 is 2.46 bits per heavy atom. The molecule has 0 aliphatic carbocycles. The van der Waals surface area contributed by atoms with Crippen molar-refractivity contribution in [3.8, 4) is 0 Å². The SMILES string of the molecule is CC(c1ccccc1)N(CC(=O)NCCc1cccc(Cl)c1)S(C)(=O)=O. The van der Waals surface area contributed by atoms with Gasteiger partial charge in [-0.15, -0.1) is 0 Å². The third-order valence-corrected chi connectivity index (χ3v) is 5.60. The number of amides is 1. The molecule has 2 aromatic carbocycles. The van der Waals surface area contributed by atoms with E-state index in [1.807, 2.05) is 48.5 Å². The van der Waals surface area contributed by atoms with Crippen molar-refractivity contribution in [3.63, 3.8) is 0 Å². The van der Waals surface area contributed by atoms with Crippen LogP contribution in [0.15, 0.2) is 54.6 Å². The predicted molar refractivity (Wildman–Crippen MR) is 105 cm³/mol. The highest BCUT2D eigenvalue weighted by atomic mass is 35.5. The van der Waals surface area contributed by atoms with Gasteiger partial charge in [-0.2, -0.15) is 4.31 Å². The van der Waals surface area contributed by atoms with Crippen LogP contribution in [-0.2, 0) is 21.2 Å². The standard InChI is InChI=1S/C19H23ClN2O3S/c1-15(17-8-4-3-5-9-17)22(26(2,24)25)14-19(23)21-12-11-16-7-6-10-18(20)13-16/h3-10,13,15H,11-12,14H2,1-2H3,(H,21,23). The lowest BCUT2D eigenvalue weighted by Gasteiger charge is -2.26. The van der Waals surface area contributed by atoms with Gasteiger partial charge in [0.2, 0.25) is 15.9 Å². The normalized spacial score (nSPS) is 12.8. The van der Waals surface area contributed by atoms with E-state index in [-0.39, 0.29) is 12.5 Å². The van der Waals surface area contributed by atoms with Gasteiger partial charge in [0.15, 0.2) is 0 Å². The molecule has 0 aromatic heterocycles. The summed E-state index contributed by atoms with van der Waals surface area (Å²) in [6.45, 7) is 1.97. The van der Waals surface area contributed by atoms with Gasteiger partial charge in [-0.25, -0.2) is 8.42 Å². The molecular formula is C19H23ClN2O3S. The highest BCUT2D eigenvalue weighted by molar-refractivity contribution is 7.88. The summed E-state index contributed by atoms with van der Waals surface area (Å²) in [4.78, 5) is 12.2. The highest BCUT2D eigenvalue weighted by Gasteiger charge is 2.26. The molecule has 0 spiro atoms. The summed E-state index contributed by atoms with van der Waals surface area (Å²) in [6.07, 6.45) is 1.74. The minimum absolute atomic E-state index is 0.218. The first kappa shape index (κ1) is 20.4. The molecule has 0 saturated heterocycles. The minimum atomic E-state index is -3.54. The van der Waals surface area contributed by atoms with Gasteiger partial charge in [-0.1, -0.05) is 54.1 Å². The van der Waals surface area contributed by atoms with Crippen molar-refractivity contribution in [3.05, 3.63) is 70.7 Å². The maximum Gasteiger partial charge on any atom is 0.235 e. The largest absolute Gasteiger partial charge is 0.355 e. The van der Waals surface area contributed by atoms with E-state index in [1.165, 1.54) is 4.31 Å². The lowest BCUT2D eigenvalue weighted by Crippen LogP contribution is -2.42. The first-order chi connectivity index (χ1) is 12.3. The lowest BCUT2D eigenvalue weighted by molar-refractivity contribution is -0.121. The molecule has 1 atom stereocenters. The Hall–Kier alpha value is -1.89. The van der Waals surface area contributed by atoms with Crippen molar-refractivity contribution in [1.82, 2.24) is 9.62 Å². The van der Waals surface area contributed by atoms with Crippen LogP contribution >= 0.6 is 11.6 Å². The second-order valence-corrected chi connectivity index (χ2v) is 8.50. The van der Waals surface area contributed by atoms with E-state index in [0.717, 1.165) is 17.4 Å². The molecule has 1 unspecified atom stereocenters. The smallest absolute Gasteiger partial charge is 0.235 e. The summed E-state index contributed by atoms with van der Waals surface area (Å²) >= 11 is 5.94. The average molecular weight is 395 g/mol. The van der Waals surface area contributed by atoms with Gasteiger partial charge in [0.1, 0.15) is 0 Å². The molecule has 0 fully saturated rings. The highest BCUT2D eigenvalue weighted by Crippen LogP contribution is 2.22. The van der Waals surface area contributed by atoms with Gasteiger partial charge >= 0.3 is 0 Å². The van der Waals surface area contributed by atoms with Crippen molar-refractivity contribution in [2.45, 2.75) is 19.4 Å². The maximum atomic E-state index is 12.2. The number of carbonyl (C=O) groups excluding carboxylic acids is 1. The van der Waals surface area contributed by atoms with Gasteiger partial charge in [0.05, 0.1) is 12.8 Å². The van der Waals surface area contributed by atoms with Crippen LogP contribution in [-0.4, -0.2) is 38.0 Å². The number of rotatable bonds is 8. The lowest BCUT2D eigenvalue weighted by atomic mass is 10.1. The summed E-state index contributed by atoms with van der Waals surface area (Å²) in [7, 11) is -3.54. The summed E-state index contributed by atoms with van der Waals surface area (Å²) < 4.78 is 25.5. The molecule has 1 amide bonds. The summed E-state index contributed by atoms with van der Waals surface area (Å²) in [5.74, 6) is -0.333. The van der Waals surface area contributed by atoms with Crippen molar-refractivity contribution in [2.75, 3.05) is 19.3 Å². The number of nitrogens with one attached hydrogen (secondary N) is 1. The van der Waals surface area contributed by atoms with E-state index in [9.17, 15) is 13.2 Å². The Morgan fingerprint density at radius 1 is 1.15 bits per heavy atom. The third kappa shape index (κ3) is 6.12. The topological polar surface area (TPSA) is 66.5 Å². The van der Waals surface area contributed by atoms with Crippen LogP contribution in [0.4, 0.5) is 0 Å². The fourth-order valence-electron chi connectivity index (χ4n) is 2.68. The molecule has 2 aromatic rings. The van der Waals surface area contributed by atoms with E-state index in [1.54, 1.807) is 13.0 Å². The van der Waals surface area contributed by atoms with E-state index in [4.69, 9.17) is 11.6 Å². The average Bonchev–Trinajstić information content (AvgIpc) is 2.59. The zero-order valence-corrected chi connectivity index (χ0v) is 16.4. The Balaban J connectivity index is 1.96. The number of hydrogen-bond acceptors (Lipinski definition) is 3. The number of hydrogen-bond donors (Lipinski definition) is 1. The molecular weight excluding hydrogens is 372 g/mol. The van der Waals surface area contributed by atoms with E-state index >= 15 is 0 Å². The number of carbonyl (C=O) groups is 1. The van der Waals surface area contributed by atoms with E-state index < -0.39 is 16.1 Å². The van der Waals surface area contributed by atoms with Crippen LogP contribution in [0.1, 0.15) is 24.1 Å². The quantitative estimate of drug-likeness (QED) is 0.748. The van der Waals surface area contributed by atoms with Gasteiger partial charge in [-0.05, 0) is 36.6 Å². The van der Waals surface area contributed by atoms with Gasteiger partial charge in [-0.3, -0.25) is 4.79 Å². The van der Waals surface area contributed by atoms with Crippen LogP contribution < -0.4 is 5.32 Å². The number of nitrogens with zero attached hydrogens (tertiary/aromatic N) is 1. The van der Waals surface area contributed by atoms with Crippen LogP contribution in [0.3, 0.4) is 0 Å². The van der Waals surface area contributed by atoms with Gasteiger partial charge in [0, 0.05) is 17.6 Å². The zero-order chi connectivity index (χ0) is 19.2. The Labute approximate surface area is 160 Å². The van der Waals surface area contributed by atoms with Crippen molar-refractivity contribution in [2.24, 2.45) is 0 Å². The van der Waals surface area contributed by atoms with Crippen LogP contribution in [0.2, 0.25) is 5.02 Å². The first-order valence-electron chi connectivity index (χ1n) is 8.30. The van der Waals surface area contributed by atoms with Gasteiger partial charge < -0.3 is 5.32 Å². The third-order valence-electron chi connectivity index (χ3n) is 4.06. The number of halogens is 1. The Bertz CT molecular complexity index is 841.